The van der Waals surface area contributed by atoms with Gasteiger partial charge in [-0.25, -0.2) is 12.8 Å². The summed E-state index contributed by atoms with van der Waals surface area (Å²) in [6.45, 7) is 2.14. The van der Waals surface area contributed by atoms with Crippen LogP contribution in [-0.4, -0.2) is 58.0 Å². The van der Waals surface area contributed by atoms with E-state index in [9.17, 15) is 22.4 Å². The van der Waals surface area contributed by atoms with E-state index in [2.05, 4.69) is 10.0 Å². The summed E-state index contributed by atoms with van der Waals surface area (Å²) >= 11 is 0. The summed E-state index contributed by atoms with van der Waals surface area (Å²) in [5.41, 5.74) is 1.07. The monoisotopic (exact) mass is 543 g/mol. The number of nitrogens with one attached hydrogen (secondary N) is 2. The summed E-state index contributed by atoms with van der Waals surface area (Å²) in [6, 6.07) is 18.9. The third kappa shape index (κ3) is 8.29. The molecule has 0 saturated heterocycles. The number of carbonyl (C=O) groups is 2. The third-order valence-corrected chi connectivity index (χ3v) is 6.96. The molecular formula is C27H30FN3O6S. The maximum Gasteiger partial charge on any atom is 0.261 e. The molecule has 0 saturated carbocycles. The van der Waals surface area contributed by atoms with Gasteiger partial charge in [0.15, 0.2) is 6.61 Å². The van der Waals surface area contributed by atoms with E-state index in [4.69, 9.17) is 9.47 Å². The third-order valence-electron chi connectivity index (χ3n) is 5.56. The number of hydrogen-bond donors (Lipinski definition) is 2. The molecule has 0 aliphatic heterocycles. The van der Waals surface area contributed by atoms with Crippen molar-refractivity contribution in [2.24, 2.45) is 0 Å². The molecule has 1 unspecified atom stereocenters. The average molecular weight is 544 g/mol. The van der Waals surface area contributed by atoms with Gasteiger partial charge in [0.2, 0.25) is 5.91 Å². The van der Waals surface area contributed by atoms with E-state index in [1.807, 2.05) is 30.3 Å². The number of amides is 2. The number of sulfonamides is 1. The Bertz CT molecular complexity index is 1300. The Morgan fingerprint density at radius 2 is 1.63 bits per heavy atom. The lowest BCUT2D eigenvalue weighted by Gasteiger charge is -2.28. The van der Waals surface area contributed by atoms with Crippen molar-refractivity contribution >= 4 is 27.5 Å². The van der Waals surface area contributed by atoms with Gasteiger partial charge < -0.3 is 19.7 Å². The maximum absolute atomic E-state index is 13.1. The largest absolute Gasteiger partial charge is 0.484 e. The Morgan fingerprint density at radius 3 is 2.26 bits per heavy atom. The summed E-state index contributed by atoms with van der Waals surface area (Å²) in [6.07, 6.45) is 0. The SMILES string of the molecule is COCCNC(=O)C(C)N(Cc1ccccc1)C(=O)COc1ccc(S(=O)(=O)Nc2ccc(F)cc2)cc1. The fourth-order valence-corrected chi connectivity index (χ4v) is 4.52. The van der Waals surface area contributed by atoms with Crippen molar-refractivity contribution in [3.8, 4) is 5.75 Å². The Morgan fingerprint density at radius 1 is 0.974 bits per heavy atom. The molecular weight excluding hydrogens is 513 g/mol. The van der Waals surface area contributed by atoms with Gasteiger partial charge in [-0.1, -0.05) is 30.3 Å². The summed E-state index contributed by atoms with van der Waals surface area (Å²) in [7, 11) is -2.38. The summed E-state index contributed by atoms with van der Waals surface area (Å²) in [4.78, 5) is 27.1. The van der Waals surface area contributed by atoms with Crippen LogP contribution in [0, 0.1) is 5.82 Å². The first-order valence-corrected chi connectivity index (χ1v) is 13.3. The zero-order valence-electron chi connectivity index (χ0n) is 21.1. The predicted molar refractivity (Wildman–Crippen MR) is 140 cm³/mol. The normalized spacial score (nSPS) is 11.9. The number of anilines is 1. The summed E-state index contributed by atoms with van der Waals surface area (Å²) in [5, 5.41) is 2.74. The molecule has 9 nitrogen and oxygen atoms in total. The van der Waals surface area contributed by atoms with Gasteiger partial charge in [-0.15, -0.1) is 0 Å². The van der Waals surface area contributed by atoms with Gasteiger partial charge in [-0.05, 0) is 61.0 Å². The van der Waals surface area contributed by atoms with Crippen LogP contribution < -0.4 is 14.8 Å². The Kier molecular flexibility index (Phi) is 10.2. The van der Waals surface area contributed by atoms with Crippen molar-refractivity contribution in [2.75, 3.05) is 31.6 Å². The minimum absolute atomic E-state index is 0.0347. The standard InChI is InChI=1S/C27H30FN3O6S/c1-20(27(33)29-16-17-36-2)31(18-21-6-4-3-5-7-21)26(32)19-37-24-12-14-25(15-13-24)38(34,35)30-23-10-8-22(28)9-11-23/h3-15,20,30H,16-19H2,1-2H3,(H,29,33). The molecule has 202 valence electrons. The quantitative estimate of drug-likeness (QED) is 0.320. The fourth-order valence-electron chi connectivity index (χ4n) is 3.46. The van der Waals surface area contributed by atoms with Gasteiger partial charge in [0, 0.05) is 25.9 Å². The minimum atomic E-state index is -3.91. The highest BCUT2D eigenvalue weighted by Crippen LogP contribution is 2.20. The maximum atomic E-state index is 13.1. The number of benzene rings is 3. The highest BCUT2D eigenvalue weighted by Gasteiger charge is 2.26. The first-order chi connectivity index (χ1) is 18.2. The molecule has 3 aromatic rings. The van der Waals surface area contributed by atoms with Gasteiger partial charge in [0.05, 0.1) is 11.5 Å². The fraction of sp³-hybridized carbons (Fsp3) is 0.259. The molecule has 38 heavy (non-hydrogen) atoms. The molecule has 2 N–H and O–H groups in total. The summed E-state index contributed by atoms with van der Waals surface area (Å²) < 4.78 is 51.2. The number of ether oxygens (including phenoxy) is 2. The van der Waals surface area contributed by atoms with Crippen LogP contribution in [0.3, 0.4) is 0 Å². The molecule has 0 fully saturated rings. The molecule has 0 radical (unpaired) electrons. The second kappa shape index (κ2) is 13.5. The van der Waals surface area contributed by atoms with Gasteiger partial charge in [0.25, 0.3) is 15.9 Å². The smallest absolute Gasteiger partial charge is 0.261 e. The van der Waals surface area contributed by atoms with E-state index < -0.39 is 27.8 Å². The number of rotatable bonds is 13. The van der Waals surface area contributed by atoms with Gasteiger partial charge in [-0.3, -0.25) is 14.3 Å². The van der Waals surface area contributed by atoms with Crippen LogP contribution in [0.1, 0.15) is 12.5 Å². The molecule has 3 rings (SSSR count). The number of carbonyl (C=O) groups excluding carboxylic acids is 2. The van der Waals surface area contributed by atoms with Crippen LogP contribution in [0.15, 0.2) is 83.8 Å². The minimum Gasteiger partial charge on any atom is -0.484 e. The van der Waals surface area contributed by atoms with Crippen molar-refractivity contribution in [1.29, 1.82) is 0 Å². The lowest BCUT2D eigenvalue weighted by molar-refractivity contribution is -0.142. The highest BCUT2D eigenvalue weighted by molar-refractivity contribution is 7.92. The van der Waals surface area contributed by atoms with E-state index in [1.54, 1.807) is 6.92 Å². The van der Waals surface area contributed by atoms with E-state index in [1.165, 1.54) is 48.4 Å². The predicted octanol–water partition coefficient (Wildman–Crippen LogP) is 3.19. The molecule has 2 amide bonds. The van der Waals surface area contributed by atoms with E-state index in [0.29, 0.717) is 13.2 Å². The topological polar surface area (TPSA) is 114 Å². The number of halogens is 1. The molecule has 3 aromatic carbocycles. The molecule has 0 aromatic heterocycles. The van der Waals surface area contributed by atoms with Gasteiger partial charge >= 0.3 is 0 Å². The number of hydrogen-bond acceptors (Lipinski definition) is 6. The highest BCUT2D eigenvalue weighted by atomic mass is 32.2. The number of nitrogens with zero attached hydrogens (tertiary/aromatic N) is 1. The Hall–Kier alpha value is -3.96. The molecule has 0 aliphatic carbocycles. The molecule has 1 atom stereocenters. The second-order valence-corrected chi connectivity index (χ2v) is 10.0. The lowest BCUT2D eigenvalue weighted by atomic mass is 10.1. The van der Waals surface area contributed by atoms with E-state index >= 15 is 0 Å². The zero-order chi connectivity index (χ0) is 27.5. The second-order valence-electron chi connectivity index (χ2n) is 8.34. The van der Waals surface area contributed by atoms with Gasteiger partial charge in [0.1, 0.15) is 17.6 Å². The Labute approximate surface area is 221 Å². The van der Waals surface area contributed by atoms with Crippen LogP contribution in [0.4, 0.5) is 10.1 Å². The molecule has 11 heteroatoms. The lowest BCUT2D eigenvalue weighted by Crippen LogP contribution is -2.49. The first kappa shape index (κ1) is 28.6. The van der Waals surface area contributed by atoms with Crippen molar-refractivity contribution in [3.05, 3.63) is 90.2 Å². The molecule has 0 aliphatic rings. The van der Waals surface area contributed by atoms with Crippen LogP contribution in [0.5, 0.6) is 5.75 Å². The van der Waals surface area contributed by atoms with Crippen LogP contribution in [0.25, 0.3) is 0 Å². The summed E-state index contributed by atoms with van der Waals surface area (Å²) in [5.74, 6) is -0.948. The van der Waals surface area contributed by atoms with Crippen molar-refractivity contribution in [1.82, 2.24) is 10.2 Å². The van der Waals surface area contributed by atoms with Crippen molar-refractivity contribution in [3.63, 3.8) is 0 Å². The van der Waals surface area contributed by atoms with Gasteiger partial charge in [-0.2, -0.15) is 0 Å². The molecule has 0 spiro atoms. The number of methoxy groups -OCH3 is 1. The molecule has 0 bridgehead atoms. The van der Waals surface area contributed by atoms with Crippen molar-refractivity contribution in [2.45, 2.75) is 24.4 Å². The Balaban J connectivity index is 1.65. The van der Waals surface area contributed by atoms with Crippen LogP contribution in [0.2, 0.25) is 0 Å². The van der Waals surface area contributed by atoms with Crippen LogP contribution in [-0.2, 0) is 30.9 Å². The van der Waals surface area contributed by atoms with Crippen molar-refractivity contribution < 1.29 is 31.9 Å². The van der Waals surface area contributed by atoms with E-state index in [-0.39, 0.29) is 35.4 Å². The van der Waals surface area contributed by atoms with E-state index in [0.717, 1.165) is 17.7 Å². The molecule has 0 heterocycles. The first-order valence-electron chi connectivity index (χ1n) is 11.8. The van der Waals surface area contributed by atoms with Crippen LogP contribution >= 0.6 is 0 Å². The average Bonchev–Trinajstić information content (AvgIpc) is 2.92. The zero-order valence-corrected chi connectivity index (χ0v) is 21.9.